The lowest BCUT2D eigenvalue weighted by Crippen LogP contribution is -2.12. The summed E-state index contributed by atoms with van der Waals surface area (Å²) < 4.78 is 0. The number of non-ortho nitro benzene ring substituents is 1. The zero-order valence-corrected chi connectivity index (χ0v) is 20.6. The molecule has 4 aromatic carbocycles. The first kappa shape index (κ1) is 25.6. The second-order valence-corrected chi connectivity index (χ2v) is 8.42. The van der Waals surface area contributed by atoms with Crippen molar-refractivity contribution in [2.24, 2.45) is 4.99 Å². The van der Waals surface area contributed by atoms with Crippen LogP contribution in [-0.4, -0.2) is 20.7 Å². The van der Waals surface area contributed by atoms with Crippen LogP contribution in [0.5, 0.6) is 5.88 Å². The first-order valence-corrected chi connectivity index (χ1v) is 11.6. The molecule has 1 aromatic heterocycles. The average Bonchev–Trinajstić information content (AvgIpc) is 3.24. The number of aromatic nitrogens is 1. The third-order valence-corrected chi connectivity index (χ3v) is 5.94. The fourth-order valence-corrected chi connectivity index (χ4v) is 4.14. The SMILES string of the molecule is Cl.O=[N+]([O-])c1ccc2[nH]c(O)c(C(=Nc3ccc(CNCc4ccccc4)cc3)c3ccccc3)c2c1. The molecular formula is C29H25ClN4O3. The lowest BCUT2D eigenvalue weighted by molar-refractivity contribution is -0.384. The van der Waals surface area contributed by atoms with Gasteiger partial charge in [-0.2, -0.15) is 0 Å². The minimum absolute atomic E-state index is 0. The molecule has 0 radical (unpaired) electrons. The van der Waals surface area contributed by atoms with Gasteiger partial charge in [-0.3, -0.25) is 10.1 Å². The van der Waals surface area contributed by atoms with Crippen molar-refractivity contribution >= 4 is 40.4 Å². The van der Waals surface area contributed by atoms with Gasteiger partial charge in [0, 0.05) is 41.7 Å². The number of hydrogen-bond donors (Lipinski definition) is 3. The maximum Gasteiger partial charge on any atom is 0.270 e. The Balaban J connectivity index is 0.00000320. The van der Waals surface area contributed by atoms with Crippen molar-refractivity contribution in [3.8, 4) is 5.88 Å². The fraction of sp³-hybridized carbons (Fsp3) is 0.0690. The summed E-state index contributed by atoms with van der Waals surface area (Å²) in [5, 5.41) is 26.1. The molecule has 0 saturated carbocycles. The molecule has 186 valence electrons. The Morgan fingerprint density at radius 1 is 0.865 bits per heavy atom. The van der Waals surface area contributed by atoms with Gasteiger partial charge < -0.3 is 15.4 Å². The first-order valence-electron chi connectivity index (χ1n) is 11.6. The monoisotopic (exact) mass is 512 g/mol. The van der Waals surface area contributed by atoms with Gasteiger partial charge in [0.25, 0.3) is 5.69 Å². The molecule has 5 aromatic rings. The summed E-state index contributed by atoms with van der Waals surface area (Å²) in [6.07, 6.45) is 0. The number of benzene rings is 4. The van der Waals surface area contributed by atoms with Crippen LogP contribution in [0.1, 0.15) is 22.3 Å². The van der Waals surface area contributed by atoms with E-state index in [-0.39, 0.29) is 24.0 Å². The van der Waals surface area contributed by atoms with E-state index in [9.17, 15) is 15.2 Å². The van der Waals surface area contributed by atoms with Crippen molar-refractivity contribution in [1.29, 1.82) is 0 Å². The molecule has 0 aliphatic carbocycles. The van der Waals surface area contributed by atoms with Gasteiger partial charge in [-0.05, 0) is 29.3 Å². The number of nitrogens with zero attached hydrogens (tertiary/aromatic N) is 2. The van der Waals surface area contributed by atoms with Crippen molar-refractivity contribution in [3.63, 3.8) is 0 Å². The molecule has 3 N–H and O–H groups in total. The van der Waals surface area contributed by atoms with E-state index in [4.69, 9.17) is 4.99 Å². The quantitative estimate of drug-likeness (QED) is 0.123. The van der Waals surface area contributed by atoms with E-state index in [1.165, 1.54) is 17.7 Å². The van der Waals surface area contributed by atoms with Crippen molar-refractivity contribution < 1.29 is 10.0 Å². The molecule has 1 heterocycles. The molecule has 0 atom stereocenters. The van der Waals surface area contributed by atoms with Crippen molar-refractivity contribution in [1.82, 2.24) is 10.3 Å². The molecular weight excluding hydrogens is 488 g/mol. The summed E-state index contributed by atoms with van der Waals surface area (Å²) in [5.74, 6) is -0.0881. The number of H-pyrrole nitrogens is 1. The minimum atomic E-state index is -0.447. The molecule has 0 spiro atoms. The molecule has 0 aliphatic rings. The molecule has 0 fully saturated rings. The minimum Gasteiger partial charge on any atom is -0.494 e. The van der Waals surface area contributed by atoms with E-state index in [0.29, 0.717) is 27.9 Å². The molecule has 5 rings (SSSR count). The number of nitro benzene ring substituents is 1. The molecule has 0 aliphatic heterocycles. The van der Waals surface area contributed by atoms with Gasteiger partial charge in [-0.25, -0.2) is 4.99 Å². The van der Waals surface area contributed by atoms with Crippen LogP contribution in [0.4, 0.5) is 11.4 Å². The number of aromatic amines is 1. The number of rotatable bonds is 8. The number of aliphatic imine (C=N–C) groups is 1. The number of hydrogen-bond acceptors (Lipinski definition) is 5. The van der Waals surface area contributed by atoms with Crippen LogP contribution >= 0.6 is 12.4 Å². The zero-order valence-electron chi connectivity index (χ0n) is 19.8. The van der Waals surface area contributed by atoms with E-state index >= 15 is 0 Å². The Bertz CT molecular complexity index is 1530. The molecule has 37 heavy (non-hydrogen) atoms. The van der Waals surface area contributed by atoms with Gasteiger partial charge >= 0.3 is 0 Å². The standard InChI is InChI=1S/C29H24N4O3.ClH/c34-29-27(25-17-24(33(35)36)15-16-26(25)32-29)28(22-9-5-2-6-10-22)31-23-13-11-21(12-14-23)19-30-18-20-7-3-1-4-8-20;/h1-17,30,32,34H,18-19H2;1H. The van der Waals surface area contributed by atoms with Crippen LogP contribution in [0.25, 0.3) is 10.9 Å². The third-order valence-electron chi connectivity index (χ3n) is 5.94. The Hall–Kier alpha value is -4.46. The van der Waals surface area contributed by atoms with Gasteiger partial charge in [-0.1, -0.05) is 72.8 Å². The highest BCUT2D eigenvalue weighted by molar-refractivity contribution is 6.22. The Kier molecular flexibility index (Phi) is 7.98. The highest BCUT2D eigenvalue weighted by atomic mass is 35.5. The van der Waals surface area contributed by atoms with E-state index in [2.05, 4.69) is 22.4 Å². The predicted octanol–water partition coefficient (Wildman–Crippen LogP) is 6.66. The van der Waals surface area contributed by atoms with Crippen molar-refractivity contribution in [2.75, 3.05) is 0 Å². The average molecular weight is 513 g/mol. The van der Waals surface area contributed by atoms with Crippen molar-refractivity contribution in [2.45, 2.75) is 13.1 Å². The summed E-state index contributed by atoms with van der Waals surface area (Å²) in [6.45, 7) is 1.50. The number of nitrogens with one attached hydrogen (secondary N) is 2. The van der Waals surface area contributed by atoms with Gasteiger partial charge in [0.2, 0.25) is 0 Å². The van der Waals surface area contributed by atoms with Crippen LogP contribution in [-0.2, 0) is 13.1 Å². The normalized spacial score (nSPS) is 11.3. The lowest BCUT2D eigenvalue weighted by Gasteiger charge is -2.09. The first-order chi connectivity index (χ1) is 17.6. The number of fused-ring (bicyclic) bond motifs is 1. The smallest absolute Gasteiger partial charge is 0.270 e. The fourth-order valence-electron chi connectivity index (χ4n) is 4.14. The summed E-state index contributed by atoms with van der Waals surface area (Å²) in [5.41, 5.74) is 5.33. The van der Waals surface area contributed by atoms with Crippen LogP contribution in [0.2, 0.25) is 0 Å². The molecule has 0 saturated heterocycles. The largest absolute Gasteiger partial charge is 0.494 e. The summed E-state index contributed by atoms with van der Waals surface area (Å²) in [6, 6.07) is 32.1. The Morgan fingerprint density at radius 2 is 1.49 bits per heavy atom. The van der Waals surface area contributed by atoms with Gasteiger partial charge in [0.15, 0.2) is 5.88 Å². The Morgan fingerprint density at radius 3 is 2.14 bits per heavy atom. The maximum atomic E-state index is 11.4. The summed E-state index contributed by atoms with van der Waals surface area (Å²) in [7, 11) is 0. The zero-order chi connectivity index (χ0) is 24.9. The highest BCUT2D eigenvalue weighted by Gasteiger charge is 2.20. The summed E-state index contributed by atoms with van der Waals surface area (Å²) in [4.78, 5) is 18.7. The van der Waals surface area contributed by atoms with Crippen molar-refractivity contribution in [3.05, 3.63) is 135 Å². The topological polar surface area (TPSA) is 104 Å². The van der Waals surface area contributed by atoms with Crippen LogP contribution < -0.4 is 5.32 Å². The number of aromatic hydroxyl groups is 1. The third kappa shape index (κ3) is 5.86. The van der Waals surface area contributed by atoms with Crippen LogP contribution in [0.15, 0.2) is 108 Å². The second kappa shape index (κ2) is 11.5. The van der Waals surface area contributed by atoms with E-state index in [1.54, 1.807) is 6.07 Å². The molecule has 7 nitrogen and oxygen atoms in total. The van der Waals surface area contributed by atoms with Gasteiger partial charge in [-0.15, -0.1) is 12.4 Å². The van der Waals surface area contributed by atoms with Gasteiger partial charge in [0.1, 0.15) is 0 Å². The van der Waals surface area contributed by atoms with Crippen LogP contribution in [0.3, 0.4) is 0 Å². The molecule has 8 heteroatoms. The van der Waals surface area contributed by atoms with E-state index in [1.807, 2.05) is 72.8 Å². The van der Waals surface area contributed by atoms with E-state index < -0.39 is 4.92 Å². The maximum absolute atomic E-state index is 11.4. The molecule has 0 amide bonds. The van der Waals surface area contributed by atoms with Crippen LogP contribution in [0, 0.1) is 10.1 Å². The molecule has 0 unspecified atom stereocenters. The molecule has 0 bridgehead atoms. The Labute approximate surface area is 220 Å². The highest BCUT2D eigenvalue weighted by Crippen LogP contribution is 2.33. The number of halogens is 1. The summed E-state index contributed by atoms with van der Waals surface area (Å²) >= 11 is 0. The predicted molar refractivity (Wildman–Crippen MR) is 149 cm³/mol. The van der Waals surface area contributed by atoms with Gasteiger partial charge in [0.05, 0.1) is 21.9 Å². The number of nitro groups is 1. The lowest BCUT2D eigenvalue weighted by atomic mass is 10.0. The van der Waals surface area contributed by atoms with E-state index in [0.717, 1.165) is 24.2 Å². The second-order valence-electron chi connectivity index (χ2n) is 8.42.